The number of aromatic hydroxyl groups is 1. The smallest absolute Gasteiger partial charge is 0.338 e. The molecule has 10 nitrogen and oxygen atoms in total. The van der Waals surface area contributed by atoms with Gasteiger partial charge in [0.1, 0.15) is 11.5 Å². The van der Waals surface area contributed by atoms with E-state index in [2.05, 4.69) is 0 Å². The second-order valence-corrected chi connectivity index (χ2v) is 8.25. The van der Waals surface area contributed by atoms with Gasteiger partial charge in [-0.3, -0.25) is 24.6 Å². The first-order valence-electron chi connectivity index (χ1n) is 11.3. The summed E-state index contributed by atoms with van der Waals surface area (Å²) >= 11 is 0. The Morgan fingerprint density at radius 2 is 1.57 bits per heavy atom. The van der Waals surface area contributed by atoms with Crippen LogP contribution in [0.15, 0.2) is 78.4 Å². The molecule has 0 saturated carbocycles. The van der Waals surface area contributed by atoms with E-state index in [1.54, 1.807) is 0 Å². The number of phenolic OH excluding ortho intramolecular Hbond substituents is 1. The van der Waals surface area contributed by atoms with Gasteiger partial charge >= 0.3 is 5.97 Å². The van der Waals surface area contributed by atoms with E-state index < -0.39 is 34.4 Å². The molecule has 1 fully saturated rings. The number of aliphatic hydroxyl groups excluding tert-OH is 1. The molecule has 4 rings (SSSR count). The summed E-state index contributed by atoms with van der Waals surface area (Å²) in [6.45, 7) is 2.13. The molecule has 1 aliphatic rings. The summed E-state index contributed by atoms with van der Waals surface area (Å²) in [5.41, 5.74) is 0.657. The number of carbonyl (C=O) groups excluding carboxylic acids is 3. The zero-order valence-corrected chi connectivity index (χ0v) is 19.7. The van der Waals surface area contributed by atoms with Crippen molar-refractivity contribution in [3.05, 3.63) is 105 Å². The third-order valence-corrected chi connectivity index (χ3v) is 5.82. The van der Waals surface area contributed by atoms with Gasteiger partial charge in [0.2, 0.25) is 0 Å². The standard InChI is InChI=1S/C27H22N2O8/c1-2-15-37-27(34)18-5-9-19(10-6-18)28-23(16-7-13-21(30)14-8-16)22(25(32)26(28)33)24(31)17-3-11-20(12-4-17)29(35)36/h3-14,23,30-31H,2,15H2,1H3/b24-22-. The first kappa shape index (κ1) is 25.1. The number of aliphatic hydroxyl groups is 1. The van der Waals surface area contributed by atoms with Crippen molar-refractivity contribution in [3.63, 3.8) is 0 Å². The summed E-state index contributed by atoms with van der Waals surface area (Å²) in [4.78, 5) is 50.1. The number of anilines is 1. The Labute approximate surface area is 211 Å². The van der Waals surface area contributed by atoms with Gasteiger partial charge in [-0.25, -0.2) is 4.79 Å². The van der Waals surface area contributed by atoms with Crippen LogP contribution in [-0.2, 0) is 14.3 Å². The molecule has 1 heterocycles. The zero-order chi connectivity index (χ0) is 26.7. The van der Waals surface area contributed by atoms with Crippen molar-refractivity contribution in [2.45, 2.75) is 19.4 Å². The van der Waals surface area contributed by atoms with Gasteiger partial charge in [0.25, 0.3) is 17.4 Å². The fourth-order valence-corrected chi connectivity index (χ4v) is 4.00. The van der Waals surface area contributed by atoms with E-state index in [1.165, 1.54) is 77.7 Å². The number of hydrogen-bond acceptors (Lipinski definition) is 8. The Morgan fingerprint density at radius 1 is 0.973 bits per heavy atom. The molecule has 1 amide bonds. The molecular formula is C27H22N2O8. The number of carbonyl (C=O) groups is 3. The van der Waals surface area contributed by atoms with Crippen molar-refractivity contribution >= 4 is 34.8 Å². The van der Waals surface area contributed by atoms with Crippen molar-refractivity contribution in [1.29, 1.82) is 0 Å². The molecule has 3 aromatic carbocycles. The van der Waals surface area contributed by atoms with Crippen LogP contribution in [0.1, 0.15) is 40.9 Å². The molecule has 0 aliphatic carbocycles. The maximum Gasteiger partial charge on any atom is 0.338 e. The second kappa shape index (κ2) is 10.3. The predicted octanol–water partition coefficient (Wildman–Crippen LogP) is 4.49. The molecule has 2 N–H and O–H groups in total. The quantitative estimate of drug-likeness (QED) is 0.120. The van der Waals surface area contributed by atoms with E-state index in [0.717, 1.165) is 0 Å². The number of Topliss-reactive ketones (excluding diaryl/α,β-unsaturated/α-hetero) is 1. The average molecular weight is 502 g/mol. The highest BCUT2D eigenvalue weighted by Gasteiger charge is 2.47. The van der Waals surface area contributed by atoms with Crippen LogP contribution in [0.5, 0.6) is 5.75 Å². The summed E-state index contributed by atoms with van der Waals surface area (Å²) in [6.07, 6.45) is 0.663. The topological polar surface area (TPSA) is 147 Å². The molecule has 188 valence electrons. The molecule has 10 heteroatoms. The lowest BCUT2D eigenvalue weighted by Gasteiger charge is -2.25. The van der Waals surface area contributed by atoms with Gasteiger partial charge in [-0.05, 0) is 60.5 Å². The van der Waals surface area contributed by atoms with Crippen molar-refractivity contribution in [1.82, 2.24) is 0 Å². The number of esters is 1. The number of nitro groups is 1. The minimum atomic E-state index is -1.08. The lowest BCUT2D eigenvalue weighted by atomic mass is 9.95. The summed E-state index contributed by atoms with van der Waals surface area (Å²) in [5, 5.41) is 31.8. The molecule has 1 atom stereocenters. The average Bonchev–Trinajstić information content (AvgIpc) is 3.17. The lowest BCUT2D eigenvalue weighted by Crippen LogP contribution is -2.29. The first-order chi connectivity index (χ1) is 17.7. The number of rotatable bonds is 7. The Hall–Kier alpha value is -4.99. The third-order valence-electron chi connectivity index (χ3n) is 5.82. The number of nitrogens with zero attached hydrogens (tertiary/aromatic N) is 2. The van der Waals surface area contributed by atoms with Crippen LogP contribution < -0.4 is 4.90 Å². The maximum absolute atomic E-state index is 13.2. The van der Waals surface area contributed by atoms with Crippen LogP contribution >= 0.6 is 0 Å². The number of hydrogen-bond donors (Lipinski definition) is 2. The number of phenols is 1. The highest BCUT2D eigenvalue weighted by atomic mass is 16.6. The Bertz CT molecular complexity index is 1390. The molecule has 0 bridgehead atoms. The highest BCUT2D eigenvalue weighted by Crippen LogP contribution is 2.42. The number of benzene rings is 3. The summed E-state index contributed by atoms with van der Waals surface area (Å²) in [7, 11) is 0. The Kier molecular flexibility index (Phi) is 7.01. The van der Waals surface area contributed by atoms with Gasteiger partial charge in [-0.15, -0.1) is 0 Å². The van der Waals surface area contributed by atoms with E-state index in [0.29, 0.717) is 12.0 Å². The monoisotopic (exact) mass is 502 g/mol. The van der Waals surface area contributed by atoms with E-state index in [1.807, 2.05) is 6.92 Å². The molecular weight excluding hydrogens is 480 g/mol. The van der Waals surface area contributed by atoms with Gasteiger partial charge in [0, 0.05) is 23.4 Å². The van der Waals surface area contributed by atoms with Crippen molar-refractivity contribution in [2.75, 3.05) is 11.5 Å². The Morgan fingerprint density at radius 3 is 2.14 bits per heavy atom. The van der Waals surface area contributed by atoms with Gasteiger partial charge in [0.05, 0.1) is 28.7 Å². The van der Waals surface area contributed by atoms with Crippen LogP contribution in [-0.4, -0.2) is 39.4 Å². The number of non-ortho nitro benzene ring substituents is 1. The predicted molar refractivity (Wildman–Crippen MR) is 133 cm³/mol. The third kappa shape index (κ3) is 4.90. The van der Waals surface area contributed by atoms with Gasteiger partial charge < -0.3 is 14.9 Å². The number of ether oxygens (including phenoxy) is 1. The number of nitro benzene ring substituents is 1. The van der Waals surface area contributed by atoms with Crippen molar-refractivity contribution in [3.8, 4) is 5.75 Å². The summed E-state index contributed by atoms with van der Waals surface area (Å²) in [5.74, 6) is -2.94. The van der Waals surface area contributed by atoms with E-state index >= 15 is 0 Å². The van der Waals surface area contributed by atoms with E-state index in [-0.39, 0.29) is 40.4 Å². The first-order valence-corrected chi connectivity index (χ1v) is 11.3. The van der Waals surface area contributed by atoms with Gasteiger partial charge in [-0.2, -0.15) is 0 Å². The zero-order valence-electron chi connectivity index (χ0n) is 19.7. The molecule has 0 aromatic heterocycles. The van der Waals surface area contributed by atoms with Gasteiger partial charge in [-0.1, -0.05) is 19.1 Å². The highest BCUT2D eigenvalue weighted by molar-refractivity contribution is 6.51. The van der Waals surface area contributed by atoms with Gasteiger partial charge in [0.15, 0.2) is 0 Å². The van der Waals surface area contributed by atoms with Crippen LogP contribution in [0.3, 0.4) is 0 Å². The maximum atomic E-state index is 13.2. The summed E-state index contributed by atoms with van der Waals surface area (Å²) < 4.78 is 5.12. The molecule has 0 radical (unpaired) electrons. The van der Waals surface area contributed by atoms with E-state index in [4.69, 9.17) is 4.74 Å². The largest absolute Gasteiger partial charge is 0.508 e. The normalized spacial score (nSPS) is 16.6. The molecule has 37 heavy (non-hydrogen) atoms. The number of ketones is 1. The van der Waals surface area contributed by atoms with Crippen LogP contribution in [0, 0.1) is 10.1 Å². The minimum Gasteiger partial charge on any atom is -0.508 e. The molecule has 1 unspecified atom stereocenters. The fourth-order valence-electron chi connectivity index (χ4n) is 4.00. The fraction of sp³-hybridized carbons (Fsp3) is 0.148. The molecule has 1 aliphatic heterocycles. The number of amides is 1. The van der Waals surface area contributed by atoms with Crippen molar-refractivity contribution < 1.29 is 34.3 Å². The Balaban J connectivity index is 1.81. The van der Waals surface area contributed by atoms with Crippen LogP contribution in [0.25, 0.3) is 5.76 Å². The van der Waals surface area contributed by atoms with Crippen LogP contribution in [0.2, 0.25) is 0 Å². The van der Waals surface area contributed by atoms with Crippen LogP contribution in [0.4, 0.5) is 11.4 Å². The summed E-state index contributed by atoms with van der Waals surface area (Å²) in [6, 6.07) is 15.6. The van der Waals surface area contributed by atoms with E-state index in [9.17, 15) is 34.7 Å². The van der Waals surface area contributed by atoms with Crippen molar-refractivity contribution in [2.24, 2.45) is 0 Å². The lowest BCUT2D eigenvalue weighted by molar-refractivity contribution is -0.384. The molecule has 3 aromatic rings. The minimum absolute atomic E-state index is 0.0361. The molecule has 0 spiro atoms. The second-order valence-electron chi connectivity index (χ2n) is 8.25. The SMILES string of the molecule is CCCOC(=O)c1ccc(N2C(=O)C(=O)/C(=C(\O)c3ccc([N+](=O)[O-])cc3)C2c2ccc(O)cc2)cc1. The molecule has 1 saturated heterocycles.